The van der Waals surface area contributed by atoms with Crippen LogP contribution in [0.4, 0.5) is 5.69 Å². The average molecular weight is 499 g/mol. The van der Waals surface area contributed by atoms with Crippen molar-refractivity contribution in [1.82, 2.24) is 9.88 Å². The van der Waals surface area contributed by atoms with Crippen LogP contribution in [0.1, 0.15) is 52.8 Å². The highest BCUT2D eigenvalue weighted by Gasteiger charge is 2.45. The van der Waals surface area contributed by atoms with E-state index in [2.05, 4.69) is 4.98 Å². The third kappa shape index (κ3) is 4.74. The fourth-order valence-electron chi connectivity index (χ4n) is 4.67. The number of amides is 1. The number of carbonyl (C=O) groups excluding carboxylic acids is 3. The Morgan fingerprint density at radius 1 is 1.22 bits per heavy atom. The number of nitrogens with zero attached hydrogens (tertiary/aromatic N) is 2. The Morgan fingerprint density at radius 2 is 1.89 bits per heavy atom. The van der Waals surface area contributed by atoms with Gasteiger partial charge < -0.3 is 24.6 Å². The molecule has 0 spiro atoms. The Hall–Kier alpha value is -3.99. The summed E-state index contributed by atoms with van der Waals surface area (Å²) in [4.78, 5) is 54.7. The third-order valence-corrected chi connectivity index (χ3v) is 6.69. The first-order valence-electron chi connectivity index (χ1n) is 11.7. The van der Waals surface area contributed by atoms with E-state index in [9.17, 15) is 29.6 Å². The molecular weight excluding hydrogens is 468 g/mol. The van der Waals surface area contributed by atoms with E-state index in [0.29, 0.717) is 23.4 Å². The molecule has 1 aromatic heterocycles. The molecule has 11 heteroatoms. The number of carbonyl (C=O) groups is 3. The van der Waals surface area contributed by atoms with Crippen molar-refractivity contribution in [1.29, 1.82) is 0 Å². The monoisotopic (exact) mass is 498 g/mol. The number of esters is 1. The summed E-state index contributed by atoms with van der Waals surface area (Å²) < 4.78 is 4.76. The van der Waals surface area contributed by atoms with Crippen molar-refractivity contribution >= 4 is 29.1 Å². The molecule has 2 heterocycles. The van der Waals surface area contributed by atoms with E-state index in [1.54, 1.807) is 19.9 Å². The molecule has 0 saturated carbocycles. The summed E-state index contributed by atoms with van der Waals surface area (Å²) >= 11 is 0. The van der Waals surface area contributed by atoms with Crippen molar-refractivity contribution in [3.8, 4) is 0 Å². The molecule has 11 nitrogen and oxygen atoms in total. The van der Waals surface area contributed by atoms with Gasteiger partial charge in [0.05, 0.1) is 44.3 Å². The number of hydrogen-bond donors (Lipinski definition) is 2. The van der Waals surface area contributed by atoms with Crippen molar-refractivity contribution in [3.05, 3.63) is 68.0 Å². The highest BCUT2D eigenvalue weighted by atomic mass is 16.6. The smallest absolute Gasteiger partial charge is 0.354 e. The van der Waals surface area contributed by atoms with Crippen molar-refractivity contribution in [3.63, 3.8) is 0 Å². The number of aryl methyl sites for hydroxylation is 1. The number of hydrogen-bond acceptors (Lipinski definition) is 7. The van der Waals surface area contributed by atoms with E-state index >= 15 is 0 Å². The number of likely N-dealkylation sites (N-methyl/N-ethyl adjacent to an activating group) is 1. The molecule has 192 valence electrons. The number of ether oxygens (including phenoxy) is 1. The Kier molecular flexibility index (Phi) is 7.93. The molecule has 0 bridgehead atoms. The quantitative estimate of drug-likeness (QED) is 0.127. The van der Waals surface area contributed by atoms with Crippen molar-refractivity contribution < 1.29 is 34.1 Å². The van der Waals surface area contributed by atoms with Gasteiger partial charge in [-0.1, -0.05) is 17.9 Å². The maximum Gasteiger partial charge on any atom is 0.354 e. The lowest BCUT2D eigenvalue weighted by Gasteiger charge is -2.28. The van der Waals surface area contributed by atoms with Gasteiger partial charge in [0.1, 0.15) is 5.69 Å². The highest BCUT2D eigenvalue weighted by Crippen LogP contribution is 2.40. The summed E-state index contributed by atoms with van der Waals surface area (Å²) in [7, 11) is 1.21. The van der Waals surface area contributed by atoms with Crippen LogP contribution in [0, 0.1) is 24.0 Å². The van der Waals surface area contributed by atoms with Crippen LogP contribution >= 0.6 is 0 Å². The van der Waals surface area contributed by atoms with Crippen LogP contribution in [0.3, 0.4) is 0 Å². The number of H-pyrrole nitrogens is 1. The van der Waals surface area contributed by atoms with Crippen LogP contribution in [-0.2, 0) is 14.3 Å². The van der Waals surface area contributed by atoms with Gasteiger partial charge in [0, 0.05) is 23.4 Å². The average Bonchev–Trinajstić information content (AvgIpc) is 3.30. The number of likely N-dealkylation sites (tertiary alicyclic amines) is 1. The summed E-state index contributed by atoms with van der Waals surface area (Å²) in [6.45, 7) is 9.48. The second kappa shape index (κ2) is 10.7. The minimum atomic E-state index is -1.09. The number of methoxy groups -OCH3 is 1. The van der Waals surface area contributed by atoms with Crippen LogP contribution in [0.25, 0.3) is 5.76 Å². The maximum atomic E-state index is 13.8. The summed E-state index contributed by atoms with van der Waals surface area (Å²) in [5.74, 6) is -3.16. The number of quaternary nitrogens is 1. The number of benzene rings is 1. The predicted octanol–water partition coefficient (Wildman–Crippen LogP) is 0.475. The van der Waals surface area contributed by atoms with Gasteiger partial charge in [0.25, 0.3) is 11.6 Å². The second-order valence-electron chi connectivity index (χ2n) is 8.65. The van der Waals surface area contributed by atoms with Gasteiger partial charge in [0.15, 0.2) is 0 Å². The Bertz CT molecular complexity index is 1240. The molecule has 1 atom stereocenters. The maximum absolute atomic E-state index is 13.8. The number of aromatic nitrogens is 1. The first kappa shape index (κ1) is 26.6. The molecule has 1 aliphatic rings. The van der Waals surface area contributed by atoms with E-state index in [-0.39, 0.29) is 29.1 Å². The largest absolute Gasteiger partial charge is 0.872 e. The second-order valence-corrected chi connectivity index (χ2v) is 8.65. The molecule has 1 saturated heterocycles. The van der Waals surface area contributed by atoms with Crippen LogP contribution in [0.5, 0.6) is 0 Å². The number of Topliss-reactive ketones (excluding diaryl/α,β-unsaturated/α-hetero) is 1. The third-order valence-electron chi connectivity index (χ3n) is 6.69. The molecular formula is C25H30N4O7. The van der Waals surface area contributed by atoms with Crippen LogP contribution in [-0.4, -0.2) is 65.8 Å². The number of rotatable bonds is 9. The zero-order chi connectivity index (χ0) is 26.7. The van der Waals surface area contributed by atoms with E-state index in [1.165, 1.54) is 35.1 Å². The summed E-state index contributed by atoms with van der Waals surface area (Å²) in [6, 6.07) is 4.50. The number of aromatic amines is 1. The Balaban J connectivity index is 2.22. The molecule has 36 heavy (non-hydrogen) atoms. The molecule has 2 N–H and O–H groups in total. The van der Waals surface area contributed by atoms with E-state index in [0.717, 1.165) is 13.1 Å². The van der Waals surface area contributed by atoms with Gasteiger partial charge in [-0.25, -0.2) is 4.79 Å². The summed E-state index contributed by atoms with van der Waals surface area (Å²) in [5.41, 5.74) is 0.581. The lowest BCUT2D eigenvalue weighted by molar-refractivity contribution is -0.895. The lowest BCUT2D eigenvalue weighted by Crippen LogP contribution is -3.12. The fourth-order valence-corrected chi connectivity index (χ4v) is 4.67. The van der Waals surface area contributed by atoms with E-state index in [1.807, 2.05) is 13.8 Å². The normalized spacial score (nSPS) is 17.2. The van der Waals surface area contributed by atoms with Crippen molar-refractivity contribution in [2.75, 3.05) is 33.3 Å². The summed E-state index contributed by atoms with van der Waals surface area (Å²) in [6.07, 6.45) is 0. The molecule has 0 aliphatic carbocycles. The SMILES string of the molecule is CC[NH+](CC)CCN1C(=O)C(=O)C(=C([O-])c2c(C)[nH]c(C(=O)OC)c2C)C1c1cccc([N+](=O)[O-])c1. The van der Waals surface area contributed by atoms with Gasteiger partial charge in [-0.3, -0.25) is 19.7 Å². The van der Waals surface area contributed by atoms with Gasteiger partial charge in [-0.2, -0.15) is 0 Å². The molecule has 0 radical (unpaired) electrons. The van der Waals surface area contributed by atoms with E-state index in [4.69, 9.17) is 4.74 Å². The number of nitro groups is 1. The van der Waals surface area contributed by atoms with Crippen LogP contribution in [0.15, 0.2) is 29.8 Å². The number of ketones is 1. The topological polar surface area (TPSA) is 150 Å². The van der Waals surface area contributed by atoms with E-state index < -0.39 is 34.4 Å². The summed E-state index contributed by atoms with van der Waals surface area (Å²) in [5, 5.41) is 25.2. The first-order valence-corrected chi connectivity index (χ1v) is 11.7. The highest BCUT2D eigenvalue weighted by molar-refractivity contribution is 6.46. The zero-order valence-corrected chi connectivity index (χ0v) is 21.0. The van der Waals surface area contributed by atoms with Gasteiger partial charge >= 0.3 is 5.97 Å². The molecule has 1 aliphatic heterocycles. The number of nitrogens with one attached hydrogen (secondary N) is 2. The predicted molar refractivity (Wildman–Crippen MR) is 128 cm³/mol. The van der Waals surface area contributed by atoms with Crippen LogP contribution < -0.4 is 10.0 Å². The Labute approximate surface area is 208 Å². The van der Waals surface area contributed by atoms with Crippen molar-refractivity contribution in [2.45, 2.75) is 33.7 Å². The molecule has 1 aromatic carbocycles. The minimum Gasteiger partial charge on any atom is -0.872 e. The van der Waals surface area contributed by atoms with Crippen molar-refractivity contribution in [2.24, 2.45) is 0 Å². The van der Waals surface area contributed by atoms with Crippen LogP contribution in [0.2, 0.25) is 0 Å². The lowest BCUT2D eigenvalue weighted by atomic mass is 9.93. The number of nitro benzene ring substituents is 1. The Morgan fingerprint density at radius 3 is 2.47 bits per heavy atom. The fraction of sp³-hybridized carbons (Fsp3) is 0.400. The molecule has 2 aromatic rings. The molecule has 1 amide bonds. The standard InChI is InChI=1S/C25H30N4O7/c1-6-27(7-2)11-12-28-21(16-9-8-10-17(13-16)29(34)35)19(23(31)24(28)32)22(30)18-14(3)20(25(33)36-5)26-15(18)4/h8-10,13,21,26,30H,6-7,11-12H2,1-5H3. The number of non-ortho nitro benzene ring substituents is 1. The minimum absolute atomic E-state index is 0.0737. The van der Waals surface area contributed by atoms with Gasteiger partial charge in [-0.15, -0.1) is 0 Å². The van der Waals surface area contributed by atoms with Gasteiger partial charge in [0.2, 0.25) is 5.78 Å². The zero-order valence-electron chi connectivity index (χ0n) is 21.0. The van der Waals surface area contributed by atoms with Gasteiger partial charge in [-0.05, 0) is 44.4 Å². The molecule has 1 unspecified atom stereocenters. The molecule has 1 fully saturated rings. The molecule has 3 rings (SSSR count). The first-order chi connectivity index (χ1) is 17.1.